The van der Waals surface area contributed by atoms with E-state index in [0.717, 1.165) is 30.0 Å². The maximum Gasteiger partial charge on any atom is 0.322 e. The van der Waals surface area contributed by atoms with Crippen molar-refractivity contribution in [2.24, 2.45) is 0 Å². The van der Waals surface area contributed by atoms with Gasteiger partial charge in [0, 0.05) is 24.5 Å². The number of carbonyl (C=O) groups is 2. The third-order valence-electron chi connectivity index (χ3n) is 6.14. The predicted molar refractivity (Wildman–Crippen MR) is 191 cm³/mol. The van der Waals surface area contributed by atoms with Crippen molar-refractivity contribution >= 4 is 29.0 Å². The molecule has 0 fully saturated rings. The van der Waals surface area contributed by atoms with Crippen molar-refractivity contribution in [2.75, 3.05) is 22.5 Å². The molecule has 0 spiro atoms. The van der Waals surface area contributed by atoms with Gasteiger partial charge < -0.3 is 25.6 Å². The largest absolute Gasteiger partial charge is 0.459 e. The van der Waals surface area contributed by atoms with Crippen molar-refractivity contribution in [3.8, 4) is 5.75 Å². The van der Waals surface area contributed by atoms with Crippen LogP contribution in [0.15, 0.2) is 109 Å². The second kappa shape index (κ2) is 22.7. The third kappa shape index (κ3) is 12.4. The number of carbonyl (C=O) groups excluding carboxylic acids is 2. The standard InChI is InChI=1S/C16H16N2O.C14H12N2O2.4C2H6/c19-16(17-15-8-2-1-3-9-15)18-11-10-13-6-4-5-7-14(13)12-18;17-13(15-10-6-2-1-3-7-10)14-16-11-8-4-5-9-12(11)18-14;4*1-2/h1-9H,10-12H2,(H,17,19);1-9,14,16H,(H,15,17);4*1-2H3. The van der Waals surface area contributed by atoms with E-state index in [1.165, 1.54) is 11.1 Å². The van der Waals surface area contributed by atoms with Gasteiger partial charge in [-0.25, -0.2) is 4.79 Å². The van der Waals surface area contributed by atoms with Crippen molar-refractivity contribution in [1.82, 2.24) is 4.90 Å². The van der Waals surface area contributed by atoms with Crippen LogP contribution in [0.25, 0.3) is 0 Å². The van der Waals surface area contributed by atoms with Crippen LogP contribution in [-0.4, -0.2) is 29.6 Å². The summed E-state index contributed by atoms with van der Waals surface area (Å²) in [5, 5.41) is 8.74. The Labute approximate surface area is 271 Å². The summed E-state index contributed by atoms with van der Waals surface area (Å²) in [6.07, 6.45) is 0.251. The highest BCUT2D eigenvalue weighted by atomic mass is 16.5. The molecule has 3 amide bonds. The Morgan fingerprint density at radius 1 is 0.644 bits per heavy atom. The molecule has 0 saturated heterocycles. The molecular formula is C38H52N4O3. The first kappa shape index (κ1) is 38.2. The van der Waals surface area contributed by atoms with Crippen molar-refractivity contribution in [3.05, 3.63) is 120 Å². The molecule has 2 aliphatic heterocycles. The van der Waals surface area contributed by atoms with E-state index in [0.29, 0.717) is 12.3 Å². The summed E-state index contributed by atoms with van der Waals surface area (Å²) in [5.41, 5.74) is 5.03. The molecule has 4 aromatic rings. The lowest BCUT2D eigenvalue weighted by Gasteiger charge is -2.28. The number of para-hydroxylation sites is 4. The minimum atomic E-state index is -0.678. The summed E-state index contributed by atoms with van der Waals surface area (Å²) in [6, 6.07) is 34.6. The van der Waals surface area contributed by atoms with E-state index in [1.807, 2.05) is 151 Å². The molecule has 0 saturated carbocycles. The molecule has 6 rings (SSSR count). The zero-order valence-corrected chi connectivity index (χ0v) is 28.3. The fourth-order valence-electron chi connectivity index (χ4n) is 4.23. The van der Waals surface area contributed by atoms with E-state index < -0.39 is 6.23 Å². The third-order valence-corrected chi connectivity index (χ3v) is 6.14. The second-order valence-electron chi connectivity index (χ2n) is 8.73. The number of anilines is 3. The monoisotopic (exact) mass is 612 g/mol. The molecule has 45 heavy (non-hydrogen) atoms. The van der Waals surface area contributed by atoms with Gasteiger partial charge in [0.15, 0.2) is 0 Å². The first-order valence-corrected chi connectivity index (χ1v) is 16.2. The van der Waals surface area contributed by atoms with Crippen LogP contribution in [0.3, 0.4) is 0 Å². The maximum atomic E-state index is 12.2. The molecule has 0 radical (unpaired) electrons. The Morgan fingerprint density at radius 3 is 1.71 bits per heavy atom. The fourth-order valence-corrected chi connectivity index (χ4v) is 4.23. The SMILES string of the molecule is CC.CC.CC.CC.O=C(Nc1ccccc1)C1Nc2ccccc2O1.O=C(Nc1ccccc1)N1CCc2ccccc2C1. The summed E-state index contributed by atoms with van der Waals surface area (Å²) in [5.74, 6) is 0.489. The van der Waals surface area contributed by atoms with E-state index >= 15 is 0 Å². The summed E-state index contributed by atoms with van der Waals surface area (Å²) >= 11 is 0. The van der Waals surface area contributed by atoms with Crippen LogP contribution in [0.2, 0.25) is 0 Å². The van der Waals surface area contributed by atoms with Crippen molar-refractivity contribution in [3.63, 3.8) is 0 Å². The lowest BCUT2D eigenvalue weighted by atomic mass is 10.0. The Bertz CT molecular complexity index is 1340. The quantitative estimate of drug-likeness (QED) is 0.215. The summed E-state index contributed by atoms with van der Waals surface area (Å²) in [7, 11) is 0. The highest BCUT2D eigenvalue weighted by Crippen LogP contribution is 2.31. The van der Waals surface area contributed by atoms with E-state index in [2.05, 4.69) is 34.1 Å². The Balaban J connectivity index is 0.000000369. The number of fused-ring (bicyclic) bond motifs is 2. The summed E-state index contributed by atoms with van der Waals surface area (Å²) in [6.45, 7) is 17.5. The summed E-state index contributed by atoms with van der Waals surface area (Å²) in [4.78, 5) is 26.0. The molecule has 2 aliphatic rings. The zero-order chi connectivity index (χ0) is 33.5. The average molecular weight is 613 g/mol. The van der Waals surface area contributed by atoms with Crippen LogP contribution < -0.4 is 20.7 Å². The van der Waals surface area contributed by atoms with Gasteiger partial charge in [-0.1, -0.05) is 128 Å². The number of rotatable bonds is 3. The van der Waals surface area contributed by atoms with Gasteiger partial charge in [0.2, 0.25) is 6.23 Å². The predicted octanol–water partition coefficient (Wildman–Crippen LogP) is 9.84. The lowest BCUT2D eigenvalue weighted by molar-refractivity contribution is -0.121. The number of amides is 3. The number of hydrogen-bond donors (Lipinski definition) is 3. The molecule has 0 bridgehead atoms. The molecule has 1 atom stereocenters. The fraction of sp³-hybridized carbons (Fsp3) is 0.316. The van der Waals surface area contributed by atoms with Gasteiger partial charge in [-0.05, 0) is 53.9 Å². The molecule has 2 heterocycles. The second-order valence-corrected chi connectivity index (χ2v) is 8.73. The number of nitrogens with zero attached hydrogens (tertiary/aromatic N) is 1. The number of ether oxygens (including phenoxy) is 1. The lowest BCUT2D eigenvalue weighted by Crippen LogP contribution is -2.38. The minimum absolute atomic E-state index is 0.0271. The van der Waals surface area contributed by atoms with Crippen LogP contribution in [-0.2, 0) is 17.8 Å². The molecule has 7 heteroatoms. The Morgan fingerprint density at radius 2 is 1.13 bits per heavy atom. The van der Waals surface area contributed by atoms with E-state index in [4.69, 9.17) is 4.74 Å². The van der Waals surface area contributed by atoms with Crippen LogP contribution in [0.4, 0.5) is 21.9 Å². The molecule has 242 valence electrons. The first-order valence-electron chi connectivity index (χ1n) is 16.2. The van der Waals surface area contributed by atoms with Gasteiger partial charge in [0.05, 0.1) is 5.69 Å². The van der Waals surface area contributed by atoms with Crippen molar-refractivity contribution in [1.29, 1.82) is 0 Å². The van der Waals surface area contributed by atoms with E-state index in [-0.39, 0.29) is 11.9 Å². The number of hydrogen-bond acceptors (Lipinski definition) is 4. The molecule has 3 N–H and O–H groups in total. The topological polar surface area (TPSA) is 82.7 Å². The van der Waals surface area contributed by atoms with Gasteiger partial charge in [-0.15, -0.1) is 0 Å². The summed E-state index contributed by atoms with van der Waals surface area (Å²) < 4.78 is 5.52. The molecule has 1 unspecified atom stereocenters. The highest BCUT2D eigenvalue weighted by Gasteiger charge is 2.27. The molecular weight excluding hydrogens is 560 g/mol. The van der Waals surface area contributed by atoms with Crippen LogP contribution in [0.5, 0.6) is 5.75 Å². The molecule has 4 aromatic carbocycles. The Kier molecular flexibility index (Phi) is 19.3. The number of urea groups is 1. The zero-order valence-electron chi connectivity index (χ0n) is 28.3. The molecule has 0 aliphatic carbocycles. The van der Waals surface area contributed by atoms with Crippen molar-refractivity contribution < 1.29 is 14.3 Å². The number of nitrogens with one attached hydrogen (secondary N) is 3. The normalized spacial score (nSPS) is 12.9. The van der Waals surface area contributed by atoms with Crippen molar-refractivity contribution in [2.45, 2.75) is 74.6 Å². The van der Waals surface area contributed by atoms with E-state index in [1.54, 1.807) is 0 Å². The van der Waals surface area contributed by atoms with Gasteiger partial charge in [-0.2, -0.15) is 0 Å². The molecule has 0 aromatic heterocycles. The van der Waals surface area contributed by atoms with Gasteiger partial charge in [-0.3, -0.25) is 4.79 Å². The van der Waals surface area contributed by atoms with E-state index in [9.17, 15) is 9.59 Å². The average Bonchev–Trinajstić information content (AvgIpc) is 3.58. The minimum Gasteiger partial charge on any atom is -0.459 e. The number of benzene rings is 4. The van der Waals surface area contributed by atoms with Gasteiger partial charge >= 0.3 is 6.03 Å². The Hall–Kier alpha value is -4.78. The van der Waals surface area contributed by atoms with Crippen LogP contribution in [0, 0.1) is 0 Å². The van der Waals surface area contributed by atoms with Crippen LogP contribution in [0.1, 0.15) is 66.5 Å². The smallest absolute Gasteiger partial charge is 0.322 e. The first-order chi connectivity index (χ1) is 22.2. The van der Waals surface area contributed by atoms with Gasteiger partial charge in [0.1, 0.15) is 5.75 Å². The molecule has 7 nitrogen and oxygen atoms in total. The maximum absolute atomic E-state index is 12.2. The van der Waals surface area contributed by atoms with Gasteiger partial charge in [0.25, 0.3) is 5.91 Å². The highest BCUT2D eigenvalue weighted by molar-refractivity contribution is 5.97. The van der Waals surface area contributed by atoms with Crippen LogP contribution >= 0.6 is 0 Å².